The molecule has 0 aromatic carbocycles. The lowest BCUT2D eigenvalue weighted by molar-refractivity contribution is -0.130. The van der Waals surface area contributed by atoms with Crippen molar-refractivity contribution in [3.8, 4) is 0 Å². The van der Waals surface area contributed by atoms with Gasteiger partial charge in [-0.2, -0.15) is 0 Å². The first-order valence-electron chi connectivity index (χ1n) is 11.6. The Labute approximate surface area is 193 Å². The number of carbonyl (C=O) groups excluding carboxylic acids is 2. The maximum atomic E-state index is 12.6. The molecule has 1 atom stereocenters. The number of rotatable bonds is 17. The Morgan fingerprint density at radius 2 is 1.39 bits per heavy atom. The average molecular weight is 493 g/mol. The standard InChI is InChI=1S/C20H48N4O4Si3/c1-8-15-31(27-29(2,3)4,28-30(5,6)7)16-9-10-18(20(26)24-14-12-22)17-19(25)23-13-11-21/h18H,8-17,21-22H2,1-7H3,(H,23,25)(H,24,26). The van der Waals surface area contributed by atoms with Gasteiger partial charge in [-0.25, -0.2) is 0 Å². The van der Waals surface area contributed by atoms with E-state index in [0.29, 0.717) is 32.6 Å². The molecule has 0 aromatic rings. The largest absolute Gasteiger partial charge is 0.436 e. The lowest BCUT2D eigenvalue weighted by Gasteiger charge is -2.41. The van der Waals surface area contributed by atoms with E-state index in [1.807, 2.05) is 0 Å². The lowest BCUT2D eigenvalue weighted by atomic mass is 9.98. The second-order valence-corrected chi connectivity index (χ2v) is 23.0. The van der Waals surface area contributed by atoms with Gasteiger partial charge in [0.15, 0.2) is 16.6 Å². The average Bonchev–Trinajstić information content (AvgIpc) is 2.60. The fourth-order valence-electron chi connectivity index (χ4n) is 3.64. The molecular weight excluding hydrogens is 445 g/mol. The third-order valence-electron chi connectivity index (χ3n) is 4.44. The Morgan fingerprint density at radius 1 is 0.871 bits per heavy atom. The summed E-state index contributed by atoms with van der Waals surface area (Å²) in [7, 11) is -5.99. The number of carbonyl (C=O) groups is 2. The van der Waals surface area contributed by atoms with Crippen LogP contribution in [0.15, 0.2) is 0 Å². The van der Waals surface area contributed by atoms with E-state index in [-0.39, 0.29) is 18.2 Å². The van der Waals surface area contributed by atoms with Crippen LogP contribution in [-0.2, 0) is 17.8 Å². The van der Waals surface area contributed by atoms with E-state index in [9.17, 15) is 9.59 Å². The third kappa shape index (κ3) is 15.0. The molecule has 11 heteroatoms. The smallest absolute Gasteiger partial charge is 0.317 e. The van der Waals surface area contributed by atoms with Crippen molar-refractivity contribution in [1.82, 2.24) is 10.6 Å². The van der Waals surface area contributed by atoms with Crippen LogP contribution in [0, 0.1) is 5.92 Å². The van der Waals surface area contributed by atoms with Gasteiger partial charge in [-0.15, -0.1) is 0 Å². The van der Waals surface area contributed by atoms with Crippen LogP contribution in [0.25, 0.3) is 0 Å². The quantitative estimate of drug-likeness (QED) is 0.231. The van der Waals surface area contributed by atoms with E-state index in [1.54, 1.807) is 0 Å². The summed E-state index contributed by atoms with van der Waals surface area (Å²) in [5.74, 6) is -0.656. The predicted molar refractivity (Wildman–Crippen MR) is 136 cm³/mol. The minimum Gasteiger partial charge on any atom is -0.436 e. The Bertz CT molecular complexity index is 523. The van der Waals surface area contributed by atoms with Gasteiger partial charge >= 0.3 is 8.56 Å². The highest BCUT2D eigenvalue weighted by Gasteiger charge is 2.43. The maximum Gasteiger partial charge on any atom is 0.317 e. The summed E-state index contributed by atoms with van der Waals surface area (Å²) >= 11 is 0. The summed E-state index contributed by atoms with van der Waals surface area (Å²) in [5, 5.41) is 5.60. The van der Waals surface area contributed by atoms with Crippen molar-refractivity contribution in [2.24, 2.45) is 17.4 Å². The van der Waals surface area contributed by atoms with Crippen LogP contribution in [0.1, 0.15) is 32.6 Å². The Hall–Kier alpha value is -0.569. The first-order valence-corrected chi connectivity index (χ1v) is 20.7. The molecule has 0 heterocycles. The van der Waals surface area contributed by atoms with Gasteiger partial charge in [0.2, 0.25) is 11.8 Å². The summed E-state index contributed by atoms with van der Waals surface area (Å²) in [5.41, 5.74) is 11.0. The number of hydrogen-bond acceptors (Lipinski definition) is 6. The normalized spacial score (nSPS) is 13.7. The van der Waals surface area contributed by atoms with Crippen LogP contribution in [0.5, 0.6) is 0 Å². The van der Waals surface area contributed by atoms with Gasteiger partial charge in [0.1, 0.15) is 0 Å². The fourth-order valence-corrected chi connectivity index (χ4v) is 16.5. The van der Waals surface area contributed by atoms with Crippen molar-refractivity contribution < 1.29 is 17.8 Å². The van der Waals surface area contributed by atoms with Gasteiger partial charge in [0.05, 0.1) is 0 Å². The van der Waals surface area contributed by atoms with Crippen molar-refractivity contribution in [1.29, 1.82) is 0 Å². The van der Waals surface area contributed by atoms with Crippen molar-refractivity contribution in [3.05, 3.63) is 0 Å². The second-order valence-electron chi connectivity index (χ2n) is 10.1. The van der Waals surface area contributed by atoms with Crippen LogP contribution >= 0.6 is 0 Å². The first-order chi connectivity index (χ1) is 14.3. The molecule has 0 radical (unpaired) electrons. The van der Waals surface area contributed by atoms with Crippen molar-refractivity contribution in [2.45, 2.75) is 84.0 Å². The van der Waals surface area contributed by atoms with E-state index in [4.69, 9.17) is 19.7 Å². The fraction of sp³-hybridized carbons (Fsp3) is 0.900. The van der Waals surface area contributed by atoms with Crippen LogP contribution in [-0.4, -0.2) is 63.2 Å². The Balaban J connectivity index is 5.35. The summed E-state index contributed by atoms with van der Waals surface area (Å²) in [6.07, 6.45) is 2.59. The molecule has 0 aliphatic rings. The van der Waals surface area contributed by atoms with Crippen molar-refractivity contribution in [3.63, 3.8) is 0 Å². The van der Waals surface area contributed by atoms with Gasteiger partial charge in [-0.3, -0.25) is 9.59 Å². The molecule has 0 aliphatic heterocycles. The van der Waals surface area contributed by atoms with Gasteiger partial charge in [-0.05, 0) is 57.8 Å². The van der Waals surface area contributed by atoms with Gasteiger partial charge in [0, 0.05) is 38.5 Å². The van der Waals surface area contributed by atoms with Crippen molar-refractivity contribution >= 4 is 37.0 Å². The van der Waals surface area contributed by atoms with E-state index in [1.165, 1.54) is 0 Å². The van der Waals surface area contributed by atoms with Gasteiger partial charge in [-0.1, -0.05) is 19.8 Å². The molecule has 31 heavy (non-hydrogen) atoms. The summed E-state index contributed by atoms with van der Waals surface area (Å²) in [6, 6.07) is 1.81. The highest BCUT2D eigenvalue weighted by Crippen LogP contribution is 2.31. The minimum absolute atomic E-state index is 0.117. The number of nitrogens with two attached hydrogens (primary N) is 2. The molecule has 6 N–H and O–H groups in total. The number of hydrogen-bond donors (Lipinski definition) is 4. The molecule has 0 saturated carbocycles. The molecule has 2 amide bonds. The maximum absolute atomic E-state index is 12.6. The van der Waals surface area contributed by atoms with Gasteiger partial charge < -0.3 is 30.3 Å². The molecule has 0 fully saturated rings. The van der Waals surface area contributed by atoms with Crippen molar-refractivity contribution in [2.75, 3.05) is 26.2 Å². The third-order valence-corrected chi connectivity index (χ3v) is 14.7. The molecule has 0 spiro atoms. The zero-order valence-electron chi connectivity index (χ0n) is 20.9. The number of amides is 2. The van der Waals surface area contributed by atoms with Crippen LogP contribution < -0.4 is 22.1 Å². The predicted octanol–water partition coefficient (Wildman–Crippen LogP) is 2.48. The molecule has 0 aromatic heterocycles. The molecule has 0 bridgehead atoms. The van der Waals surface area contributed by atoms with E-state index in [0.717, 1.165) is 24.9 Å². The zero-order chi connectivity index (χ0) is 24.1. The second kappa shape index (κ2) is 14.6. The molecule has 0 aliphatic carbocycles. The Kier molecular flexibility index (Phi) is 14.3. The highest BCUT2D eigenvalue weighted by molar-refractivity contribution is 6.88. The topological polar surface area (TPSA) is 129 Å². The first kappa shape index (κ1) is 30.4. The SMILES string of the molecule is CCC[Si](CCCC(CC(=O)NCCN)C(=O)NCCN)(O[Si](C)(C)C)O[Si](C)(C)C. The minimum atomic E-state index is -2.40. The van der Waals surface area contributed by atoms with Crippen LogP contribution in [0.2, 0.25) is 51.4 Å². The summed E-state index contributed by atoms with van der Waals surface area (Å²) < 4.78 is 13.5. The zero-order valence-corrected chi connectivity index (χ0v) is 23.9. The summed E-state index contributed by atoms with van der Waals surface area (Å²) in [6.45, 7) is 17.0. The molecule has 0 saturated heterocycles. The molecule has 0 rings (SSSR count). The summed E-state index contributed by atoms with van der Waals surface area (Å²) in [4.78, 5) is 24.9. The Morgan fingerprint density at radius 3 is 1.84 bits per heavy atom. The van der Waals surface area contributed by atoms with Crippen LogP contribution in [0.4, 0.5) is 0 Å². The van der Waals surface area contributed by atoms with E-state index >= 15 is 0 Å². The van der Waals surface area contributed by atoms with E-state index in [2.05, 4.69) is 56.8 Å². The molecule has 184 valence electrons. The molecule has 1 unspecified atom stereocenters. The number of nitrogens with one attached hydrogen (secondary N) is 2. The monoisotopic (exact) mass is 492 g/mol. The highest BCUT2D eigenvalue weighted by atomic mass is 28.5. The lowest BCUT2D eigenvalue weighted by Crippen LogP contribution is -2.54. The van der Waals surface area contributed by atoms with Crippen LogP contribution in [0.3, 0.4) is 0 Å². The molecular formula is C20H48N4O4Si3. The van der Waals surface area contributed by atoms with Gasteiger partial charge in [0.25, 0.3) is 0 Å². The molecule has 8 nitrogen and oxygen atoms in total. The van der Waals surface area contributed by atoms with E-state index < -0.39 is 31.1 Å².